The second kappa shape index (κ2) is 7.66. The summed E-state index contributed by atoms with van der Waals surface area (Å²) in [5, 5.41) is 1.02. The van der Waals surface area contributed by atoms with Gasteiger partial charge in [0.15, 0.2) is 10.0 Å². The summed E-state index contributed by atoms with van der Waals surface area (Å²) in [6, 6.07) is 3.17. The van der Waals surface area contributed by atoms with Gasteiger partial charge in [0.25, 0.3) is 10.0 Å². The zero-order valence-corrected chi connectivity index (χ0v) is 18.3. The van der Waals surface area contributed by atoms with Crippen LogP contribution in [0.1, 0.15) is 26.6 Å². The maximum atomic E-state index is 15.2. The van der Waals surface area contributed by atoms with Gasteiger partial charge in [-0.1, -0.05) is 11.6 Å². The highest BCUT2D eigenvalue weighted by Crippen LogP contribution is 2.30. The topological polar surface area (TPSA) is 105 Å². The van der Waals surface area contributed by atoms with Gasteiger partial charge in [-0.2, -0.15) is 0 Å². The average molecular weight is 483 g/mol. The number of ketones is 1. The number of sulfonamides is 1. The highest BCUT2D eigenvalue weighted by atomic mass is 35.5. The number of benzene rings is 1. The Bertz CT molecular complexity index is 1460. The summed E-state index contributed by atoms with van der Waals surface area (Å²) >= 11 is 6.83. The van der Waals surface area contributed by atoms with Crippen molar-refractivity contribution >= 4 is 55.5 Å². The molecule has 0 aliphatic carbocycles. The number of halogens is 3. The molecule has 7 nitrogen and oxygen atoms in total. The van der Waals surface area contributed by atoms with Crippen molar-refractivity contribution in [3.05, 3.63) is 69.1 Å². The summed E-state index contributed by atoms with van der Waals surface area (Å²) in [6.45, 7) is 3.14. The molecule has 4 rings (SSSR count). The predicted molar refractivity (Wildman–Crippen MR) is 113 cm³/mol. The zero-order valence-electron chi connectivity index (χ0n) is 16.0. The molecule has 3 aromatic heterocycles. The summed E-state index contributed by atoms with van der Waals surface area (Å²) in [7, 11) is -4.20. The molecule has 3 heterocycles. The third kappa shape index (κ3) is 3.80. The van der Waals surface area contributed by atoms with Gasteiger partial charge >= 0.3 is 0 Å². The van der Waals surface area contributed by atoms with E-state index in [1.54, 1.807) is 6.92 Å². The number of fused-ring (bicyclic) bond motifs is 1. The molecule has 12 heteroatoms. The van der Waals surface area contributed by atoms with Crippen LogP contribution in [0.15, 0.2) is 34.8 Å². The summed E-state index contributed by atoms with van der Waals surface area (Å²) in [6.07, 6.45) is 2.61. The highest BCUT2D eigenvalue weighted by molar-refractivity contribution is 7.94. The van der Waals surface area contributed by atoms with E-state index in [-0.39, 0.29) is 25.9 Å². The van der Waals surface area contributed by atoms with Crippen molar-refractivity contribution in [1.29, 1.82) is 0 Å². The molecule has 0 atom stereocenters. The Morgan fingerprint density at radius 3 is 2.68 bits per heavy atom. The number of H-pyrrole nitrogens is 1. The Morgan fingerprint density at radius 1 is 1.26 bits per heavy atom. The zero-order chi connectivity index (χ0) is 22.5. The Kier molecular flexibility index (Phi) is 5.28. The smallest absolute Gasteiger partial charge is 0.273 e. The molecule has 0 bridgehead atoms. The number of pyridine rings is 1. The van der Waals surface area contributed by atoms with Crippen LogP contribution in [0.25, 0.3) is 11.0 Å². The Balaban J connectivity index is 1.78. The number of hydrogen-bond acceptors (Lipinski definition) is 6. The summed E-state index contributed by atoms with van der Waals surface area (Å²) < 4.78 is 57.0. The van der Waals surface area contributed by atoms with Crippen LogP contribution >= 0.6 is 22.9 Å². The lowest BCUT2D eigenvalue weighted by Gasteiger charge is -2.11. The van der Waals surface area contributed by atoms with Gasteiger partial charge in [0, 0.05) is 23.3 Å². The van der Waals surface area contributed by atoms with Crippen molar-refractivity contribution in [2.24, 2.45) is 0 Å². The molecular formula is C19H13ClF2N4O3S2. The molecule has 2 N–H and O–H groups in total. The van der Waals surface area contributed by atoms with Crippen LogP contribution in [0.2, 0.25) is 5.02 Å². The van der Waals surface area contributed by atoms with E-state index in [1.807, 2.05) is 0 Å². The molecule has 0 spiro atoms. The van der Waals surface area contributed by atoms with Gasteiger partial charge < -0.3 is 4.98 Å². The van der Waals surface area contributed by atoms with E-state index >= 15 is 4.39 Å². The molecule has 0 amide bonds. The maximum absolute atomic E-state index is 15.2. The first-order valence-electron chi connectivity index (χ1n) is 8.70. The van der Waals surface area contributed by atoms with E-state index in [0.717, 1.165) is 23.5 Å². The van der Waals surface area contributed by atoms with Crippen LogP contribution in [0.3, 0.4) is 0 Å². The molecule has 0 unspecified atom stereocenters. The lowest BCUT2D eigenvalue weighted by molar-refractivity contribution is 0.103. The van der Waals surface area contributed by atoms with Crippen LogP contribution in [0.4, 0.5) is 14.5 Å². The maximum Gasteiger partial charge on any atom is 0.273 e. The number of rotatable bonds is 5. The van der Waals surface area contributed by atoms with Crippen molar-refractivity contribution in [1.82, 2.24) is 15.0 Å². The number of aryl methyl sites for hydroxylation is 2. The van der Waals surface area contributed by atoms with Gasteiger partial charge in [0.2, 0.25) is 5.78 Å². The van der Waals surface area contributed by atoms with Gasteiger partial charge in [0.1, 0.15) is 11.5 Å². The van der Waals surface area contributed by atoms with Crippen LogP contribution < -0.4 is 4.72 Å². The number of nitrogens with one attached hydrogen (secondary N) is 2. The number of anilines is 1. The van der Waals surface area contributed by atoms with E-state index in [1.165, 1.54) is 25.4 Å². The van der Waals surface area contributed by atoms with Crippen LogP contribution in [-0.2, 0) is 10.0 Å². The number of aromatic nitrogens is 3. The van der Waals surface area contributed by atoms with Gasteiger partial charge in [-0.25, -0.2) is 27.2 Å². The summed E-state index contributed by atoms with van der Waals surface area (Å²) in [5.41, 5.74) is -0.973. The first-order chi connectivity index (χ1) is 14.6. The van der Waals surface area contributed by atoms with Crippen LogP contribution in [0.5, 0.6) is 0 Å². The number of carbonyl (C=O) groups is 1. The third-order valence-corrected chi connectivity index (χ3v) is 7.66. The van der Waals surface area contributed by atoms with Gasteiger partial charge in [-0.3, -0.25) is 9.52 Å². The van der Waals surface area contributed by atoms with Gasteiger partial charge in [-0.05, 0) is 32.0 Å². The highest BCUT2D eigenvalue weighted by Gasteiger charge is 2.28. The second-order valence-electron chi connectivity index (χ2n) is 6.58. The minimum atomic E-state index is -4.20. The Hall–Kier alpha value is -2.89. The number of carbonyl (C=O) groups excluding carboxylic acids is 1. The molecule has 0 radical (unpaired) electrons. The summed E-state index contributed by atoms with van der Waals surface area (Å²) in [5.74, 6) is -3.47. The summed E-state index contributed by atoms with van der Waals surface area (Å²) in [4.78, 5) is 23.7. The molecule has 160 valence electrons. The molecule has 0 saturated heterocycles. The lowest BCUT2D eigenvalue weighted by atomic mass is 10.0. The van der Waals surface area contributed by atoms with Gasteiger partial charge in [0.05, 0.1) is 27.0 Å². The van der Waals surface area contributed by atoms with Crippen molar-refractivity contribution in [3.63, 3.8) is 0 Å². The number of nitrogens with zero attached hydrogens (tertiary/aromatic N) is 2. The average Bonchev–Trinajstić information content (AvgIpc) is 3.26. The van der Waals surface area contributed by atoms with Gasteiger partial charge in [-0.15, -0.1) is 11.3 Å². The lowest BCUT2D eigenvalue weighted by Crippen LogP contribution is -2.16. The van der Waals surface area contributed by atoms with E-state index in [0.29, 0.717) is 10.7 Å². The molecular weight excluding hydrogens is 470 g/mol. The fourth-order valence-electron chi connectivity index (χ4n) is 3.09. The second-order valence-corrected chi connectivity index (χ2v) is 10.1. The van der Waals surface area contributed by atoms with E-state index in [9.17, 15) is 17.6 Å². The molecule has 4 aromatic rings. The SMILES string of the molecule is Cc1nc(C)c(S(=O)(=O)Nc2ccc(F)c(C(=O)c3c[nH]c4ncc(Cl)cc34)c2F)s1. The number of hydrogen-bond donors (Lipinski definition) is 2. The van der Waals surface area contributed by atoms with E-state index < -0.39 is 38.7 Å². The minimum absolute atomic E-state index is 0.0586. The first-order valence-corrected chi connectivity index (χ1v) is 11.4. The third-order valence-electron chi connectivity index (χ3n) is 4.41. The predicted octanol–water partition coefficient (Wildman–Crippen LogP) is 4.60. The monoisotopic (exact) mass is 482 g/mol. The van der Waals surface area contributed by atoms with Crippen molar-refractivity contribution < 1.29 is 22.0 Å². The van der Waals surface area contributed by atoms with Crippen molar-refractivity contribution in [2.45, 2.75) is 18.1 Å². The largest absolute Gasteiger partial charge is 0.345 e. The number of aromatic amines is 1. The minimum Gasteiger partial charge on any atom is -0.345 e. The first kappa shape index (κ1) is 21.3. The van der Waals surface area contributed by atoms with Crippen molar-refractivity contribution in [3.8, 4) is 0 Å². The quantitative estimate of drug-likeness (QED) is 0.404. The molecule has 31 heavy (non-hydrogen) atoms. The standard InChI is InChI=1S/C19H13ClF2N4O3S2/c1-8-19(30-9(2)25-8)31(28,29)26-14-4-3-13(21)15(16(14)22)17(27)12-7-24-18-11(12)5-10(20)6-23-18/h3-7,26H,1-2H3,(H,23,24). The van der Waals surface area contributed by atoms with Crippen molar-refractivity contribution in [2.75, 3.05) is 4.72 Å². The molecule has 1 aromatic carbocycles. The normalized spacial score (nSPS) is 11.8. The van der Waals surface area contributed by atoms with Crippen LogP contribution in [0, 0.1) is 25.5 Å². The van der Waals surface area contributed by atoms with E-state index in [4.69, 9.17) is 11.6 Å². The Morgan fingerprint density at radius 2 is 2.00 bits per heavy atom. The Labute approximate surface area is 184 Å². The fourth-order valence-corrected chi connectivity index (χ4v) is 5.80. The number of thiazole rings is 1. The fraction of sp³-hybridized carbons (Fsp3) is 0.105. The molecule has 0 aliphatic heterocycles. The molecule has 0 aliphatic rings. The molecule has 0 saturated carbocycles. The van der Waals surface area contributed by atoms with Crippen LogP contribution in [-0.4, -0.2) is 29.2 Å². The van der Waals surface area contributed by atoms with E-state index in [2.05, 4.69) is 19.7 Å². The molecule has 0 fully saturated rings.